The summed E-state index contributed by atoms with van der Waals surface area (Å²) in [5.74, 6) is -0.0129. The van der Waals surface area contributed by atoms with Crippen LogP contribution >= 0.6 is 11.3 Å². The number of hydrogen-bond acceptors (Lipinski definition) is 4. The summed E-state index contributed by atoms with van der Waals surface area (Å²) in [4.78, 5) is 16.3. The second kappa shape index (κ2) is 5.72. The molecule has 5 heteroatoms. The fraction of sp³-hybridized carbons (Fsp3) is 0.556. The Labute approximate surface area is 87.7 Å². The Balaban J connectivity index is 2.32. The van der Waals surface area contributed by atoms with Gasteiger partial charge in [0.25, 0.3) is 5.91 Å². The molecule has 0 saturated carbocycles. The minimum atomic E-state index is -0.0129. The number of aromatic nitrogens is 1. The molecule has 1 aromatic heterocycles. The lowest BCUT2D eigenvalue weighted by Crippen LogP contribution is -2.26. The predicted molar refractivity (Wildman–Crippen MR) is 57.7 cm³/mol. The molecule has 0 spiro atoms. The van der Waals surface area contributed by atoms with Gasteiger partial charge in [-0.05, 0) is 26.9 Å². The maximum atomic E-state index is 11.5. The van der Waals surface area contributed by atoms with Crippen LogP contribution in [0.2, 0.25) is 0 Å². The number of thiazole rings is 1. The molecule has 1 amide bonds. The Morgan fingerprint density at radius 3 is 2.93 bits per heavy atom. The van der Waals surface area contributed by atoms with E-state index in [1.807, 2.05) is 14.0 Å². The Bertz CT molecular complexity index is 298. The molecule has 0 saturated heterocycles. The molecule has 0 fully saturated rings. The summed E-state index contributed by atoms with van der Waals surface area (Å²) in [6.45, 7) is 3.47. The van der Waals surface area contributed by atoms with Crippen LogP contribution in [0.25, 0.3) is 0 Å². The topological polar surface area (TPSA) is 54.0 Å². The largest absolute Gasteiger partial charge is 0.351 e. The minimum Gasteiger partial charge on any atom is -0.351 e. The van der Waals surface area contributed by atoms with E-state index in [1.165, 1.54) is 11.3 Å². The Morgan fingerprint density at radius 1 is 1.57 bits per heavy atom. The first kappa shape index (κ1) is 11.1. The molecule has 0 aliphatic heterocycles. The summed E-state index contributed by atoms with van der Waals surface area (Å²) >= 11 is 1.38. The normalized spacial score (nSPS) is 10.1. The van der Waals surface area contributed by atoms with Gasteiger partial charge in [0.1, 0.15) is 4.88 Å². The second-order valence-corrected chi connectivity index (χ2v) is 3.83. The van der Waals surface area contributed by atoms with E-state index >= 15 is 0 Å². The van der Waals surface area contributed by atoms with Gasteiger partial charge in [-0.2, -0.15) is 0 Å². The van der Waals surface area contributed by atoms with Crippen molar-refractivity contribution in [2.24, 2.45) is 0 Å². The highest BCUT2D eigenvalue weighted by Crippen LogP contribution is 2.11. The van der Waals surface area contributed by atoms with Crippen molar-refractivity contribution in [2.45, 2.75) is 13.3 Å². The first-order valence-corrected chi connectivity index (χ1v) is 5.46. The van der Waals surface area contributed by atoms with Gasteiger partial charge < -0.3 is 10.6 Å². The van der Waals surface area contributed by atoms with Gasteiger partial charge in [-0.15, -0.1) is 11.3 Å². The molecule has 1 heterocycles. The maximum absolute atomic E-state index is 11.5. The van der Waals surface area contributed by atoms with Gasteiger partial charge in [0.2, 0.25) is 0 Å². The zero-order valence-corrected chi connectivity index (χ0v) is 9.28. The van der Waals surface area contributed by atoms with E-state index in [0.717, 1.165) is 23.5 Å². The quantitative estimate of drug-likeness (QED) is 0.711. The van der Waals surface area contributed by atoms with Gasteiger partial charge >= 0.3 is 0 Å². The molecule has 0 aromatic carbocycles. The average Bonchev–Trinajstić information content (AvgIpc) is 2.59. The number of rotatable bonds is 5. The van der Waals surface area contributed by atoms with Crippen molar-refractivity contribution in [3.05, 3.63) is 16.1 Å². The van der Waals surface area contributed by atoms with Crippen LogP contribution in [0.1, 0.15) is 21.8 Å². The van der Waals surface area contributed by atoms with Crippen molar-refractivity contribution in [3.8, 4) is 0 Å². The first-order chi connectivity index (χ1) is 6.75. The molecule has 0 unspecified atom stereocenters. The monoisotopic (exact) mass is 213 g/mol. The van der Waals surface area contributed by atoms with Crippen LogP contribution in [0, 0.1) is 6.92 Å². The maximum Gasteiger partial charge on any atom is 0.263 e. The van der Waals surface area contributed by atoms with E-state index in [2.05, 4.69) is 15.6 Å². The lowest BCUT2D eigenvalue weighted by molar-refractivity contribution is 0.0956. The summed E-state index contributed by atoms with van der Waals surface area (Å²) < 4.78 is 0. The summed E-state index contributed by atoms with van der Waals surface area (Å²) in [7, 11) is 1.90. The summed E-state index contributed by atoms with van der Waals surface area (Å²) in [5, 5.41) is 5.88. The molecule has 4 nitrogen and oxygen atoms in total. The van der Waals surface area contributed by atoms with Crippen LogP contribution in [-0.4, -0.2) is 31.0 Å². The molecular formula is C9H15N3OS. The molecule has 78 valence electrons. The van der Waals surface area contributed by atoms with Gasteiger partial charge in [-0.1, -0.05) is 0 Å². The van der Waals surface area contributed by atoms with E-state index in [4.69, 9.17) is 0 Å². The zero-order valence-electron chi connectivity index (χ0n) is 8.46. The summed E-state index contributed by atoms with van der Waals surface area (Å²) in [6, 6.07) is 0. The standard InChI is InChI=1S/C9H15N3OS/c1-7-8(14-6-12-7)9(13)11-5-3-4-10-2/h6,10H,3-5H2,1-2H3,(H,11,13). The van der Waals surface area contributed by atoms with Gasteiger partial charge in [0.05, 0.1) is 11.2 Å². The highest BCUT2D eigenvalue weighted by Gasteiger charge is 2.09. The van der Waals surface area contributed by atoms with Crippen molar-refractivity contribution in [1.82, 2.24) is 15.6 Å². The van der Waals surface area contributed by atoms with Crippen molar-refractivity contribution < 1.29 is 4.79 Å². The molecule has 0 atom stereocenters. The molecule has 0 aliphatic carbocycles. The number of nitrogens with one attached hydrogen (secondary N) is 2. The van der Waals surface area contributed by atoms with E-state index in [-0.39, 0.29) is 5.91 Å². The fourth-order valence-electron chi connectivity index (χ4n) is 1.07. The van der Waals surface area contributed by atoms with Gasteiger partial charge in [-0.25, -0.2) is 4.98 Å². The van der Waals surface area contributed by atoms with Crippen molar-refractivity contribution in [3.63, 3.8) is 0 Å². The smallest absolute Gasteiger partial charge is 0.263 e. The SMILES string of the molecule is CNCCCNC(=O)c1scnc1C. The molecule has 0 aliphatic rings. The van der Waals surface area contributed by atoms with Crippen molar-refractivity contribution >= 4 is 17.2 Å². The molecule has 1 rings (SSSR count). The second-order valence-electron chi connectivity index (χ2n) is 2.98. The van der Waals surface area contributed by atoms with Gasteiger partial charge in [0, 0.05) is 6.54 Å². The molecule has 0 bridgehead atoms. The van der Waals surface area contributed by atoms with Crippen LogP contribution in [0.3, 0.4) is 0 Å². The van der Waals surface area contributed by atoms with E-state index in [0.29, 0.717) is 6.54 Å². The lowest BCUT2D eigenvalue weighted by atomic mass is 10.3. The molecule has 0 radical (unpaired) electrons. The van der Waals surface area contributed by atoms with Crippen LogP contribution in [0.15, 0.2) is 5.51 Å². The van der Waals surface area contributed by atoms with E-state index in [1.54, 1.807) is 5.51 Å². The first-order valence-electron chi connectivity index (χ1n) is 4.58. The van der Waals surface area contributed by atoms with Crippen LogP contribution in [0.4, 0.5) is 0 Å². The number of amides is 1. The molecular weight excluding hydrogens is 198 g/mol. The number of hydrogen-bond donors (Lipinski definition) is 2. The highest BCUT2D eigenvalue weighted by atomic mass is 32.1. The van der Waals surface area contributed by atoms with Crippen LogP contribution in [-0.2, 0) is 0 Å². The predicted octanol–water partition coefficient (Wildman–Crippen LogP) is 0.791. The summed E-state index contributed by atoms with van der Waals surface area (Å²) in [6.07, 6.45) is 0.945. The van der Waals surface area contributed by atoms with Crippen LogP contribution in [0.5, 0.6) is 0 Å². The third-order valence-corrected chi connectivity index (χ3v) is 2.77. The van der Waals surface area contributed by atoms with Crippen molar-refractivity contribution in [2.75, 3.05) is 20.1 Å². The third-order valence-electron chi connectivity index (χ3n) is 1.84. The lowest BCUT2D eigenvalue weighted by Gasteiger charge is -2.03. The summed E-state index contributed by atoms with van der Waals surface area (Å²) in [5.41, 5.74) is 2.50. The Kier molecular flexibility index (Phi) is 4.55. The number of nitrogens with zero attached hydrogens (tertiary/aromatic N) is 1. The molecule has 14 heavy (non-hydrogen) atoms. The van der Waals surface area contributed by atoms with Gasteiger partial charge in [-0.3, -0.25) is 4.79 Å². The number of aryl methyl sites for hydroxylation is 1. The van der Waals surface area contributed by atoms with Crippen molar-refractivity contribution in [1.29, 1.82) is 0 Å². The zero-order chi connectivity index (χ0) is 10.4. The van der Waals surface area contributed by atoms with E-state index < -0.39 is 0 Å². The highest BCUT2D eigenvalue weighted by molar-refractivity contribution is 7.11. The fourth-order valence-corrected chi connectivity index (χ4v) is 1.79. The minimum absolute atomic E-state index is 0.0129. The molecule has 1 aromatic rings. The van der Waals surface area contributed by atoms with Crippen LogP contribution < -0.4 is 10.6 Å². The Morgan fingerprint density at radius 2 is 2.36 bits per heavy atom. The molecule has 2 N–H and O–H groups in total. The Hall–Kier alpha value is -0.940. The number of carbonyl (C=O) groups is 1. The number of carbonyl (C=O) groups excluding carboxylic acids is 1. The van der Waals surface area contributed by atoms with Gasteiger partial charge in [0.15, 0.2) is 0 Å². The van der Waals surface area contributed by atoms with E-state index in [9.17, 15) is 4.79 Å². The third kappa shape index (κ3) is 3.08. The average molecular weight is 213 g/mol.